The maximum atomic E-state index is 12.6. The van der Waals surface area contributed by atoms with Crippen LogP contribution in [0.15, 0.2) is 36.7 Å². The van der Waals surface area contributed by atoms with Gasteiger partial charge < -0.3 is 9.64 Å². The summed E-state index contributed by atoms with van der Waals surface area (Å²) in [6.07, 6.45) is 3.64. The van der Waals surface area contributed by atoms with Crippen LogP contribution in [0, 0.1) is 12.8 Å². The van der Waals surface area contributed by atoms with Gasteiger partial charge in [-0.15, -0.1) is 0 Å². The molecule has 1 amide bonds. The summed E-state index contributed by atoms with van der Waals surface area (Å²) in [6, 6.07) is 7.83. The van der Waals surface area contributed by atoms with Crippen LogP contribution in [0.2, 0.25) is 0 Å². The maximum absolute atomic E-state index is 12.6. The number of amides is 1. The molecule has 6 nitrogen and oxygen atoms in total. The van der Waals surface area contributed by atoms with E-state index >= 15 is 0 Å². The summed E-state index contributed by atoms with van der Waals surface area (Å²) in [6.45, 7) is 4.22. The molecule has 1 aliphatic heterocycles. The molecule has 0 spiro atoms. The highest BCUT2D eigenvalue weighted by atomic mass is 16.5. The lowest BCUT2D eigenvalue weighted by Crippen LogP contribution is -2.32. The smallest absolute Gasteiger partial charge is 0.244 e. The summed E-state index contributed by atoms with van der Waals surface area (Å²) >= 11 is 0. The van der Waals surface area contributed by atoms with Gasteiger partial charge in [0.25, 0.3) is 0 Å². The van der Waals surface area contributed by atoms with E-state index in [1.807, 2.05) is 42.3 Å². The van der Waals surface area contributed by atoms with Crippen LogP contribution in [0.4, 0.5) is 0 Å². The number of pyridine rings is 1. The van der Waals surface area contributed by atoms with Crippen molar-refractivity contribution in [1.82, 2.24) is 19.7 Å². The molecule has 0 saturated carbocycles. The topological polar surface area (TPSA) is 60.2 Å². The van der Waals surface area contributed by atoms with Crippen LogP contribution < -0.4 is 0 Å². The van der Waals surface area contributed by atoms with E-state index in [1.54, 1.807) is 18.0 Å². The van der Waals surface area contributed by atoms with Crippen LogP contribution in [0.3, 0.4) is 0 Å². The zero-order chi connectivity index (χ0) is 16.2. The van der Waals surface area contributed by atoms with E-state index < -0.39 is 0 Å². The molecule has 6 heteroatoms. The number of ether oxygens (including phenoxy) is 1. The summed E-state index contributed by atoms with van der Waals surface area (Å²) in [4.78, 5) is 18.9. The number of hydrogen-bond donors (Lipinski definition) is 0. The van der Waals surface area contributed by atoms with E-state index in [4.69, 9.17) is 4.74 Å². The number of aryl methyl sites for hydroxylation is 1. The van der Waals surface area contributed by atoms with Crippen LogP contribution >= 0.6 is 0 Å². The molecule has 0 aliphatic carbocycles. The van der Waals surface area contributed by atoms with Gasteiger partial charge in [-0.25, -0.2) is 0 Å². The predicted molar refractivity (Wildman–Crippen MR) is 85.9 cm³/mol. The van der Waals surface area contributed by atoms with Crippen molar-refractivity contribution in [3.05, 3.63) is 48.0 Å². The molecule has 2 aromatic heterocycles. The van der Waals surface area contributed by atoms with Crippen molar-refractivity contribution in [2.24, 2.45) is 5.92 Å². The normalized spacial score (nSPS) is 20.9. The molecule has 0 bridgehead atoms. The minimum atomic E-state index is 0.0904. The maximum Gasteiger partial charge on any atom is 0.244 e. The first-order valence-corrected chi connectivity index (χ1v) is 7.85. The Kier molecular flexibility index (Phi) is 4.71. The zero-order valence-corrected chi connectivity index (χ0v) is 13.6. The minimum Gasteiger partial charge on any atom is -0.384 e. The Morgan fingerprint density at radius 2 is 2.22 bits per heavy atom. The number of likely N-dealkylation sites (tertiary alicyclic amines) is 1. The molecular formula is C17H22N4O2. The molecule has 0 aromatic carbocycles. The third kappa shape index (κ3) is 3.59. The molecule has 122 valence electrons. The van der Waals surface area contributed by atoms with Gasteiger partial charge in [-0.05, 0) is 25.1 Å². The largest absolute Gasteiger partial charge is 0.384 e. The Labute approximate surface area is 136 Å². The number of methoxy groups -OCH3 is 1. The SMILES string of the molecule is COC[C@@H]1CN(C(=O)Cn2ccc(C)n2)C[C@H]1c1ccccn1. The summed E-state index contributed by atoms with van der Waals surface area (Å²) < 4.78 is 7.04. The van der Waals surface area contributed by atoms with Crippen molar-refractivity contribution in [2.45, 2.75) is 19.4 Å². The van der Waals surface area contributed by atoms with E-state index in [9.17, 15) is 4.79 Å². The molecular weight excluding hydrogens is 292 g/mol. The van der Waals surface area contributed by atoms with Gasteiger partial charge in [0.15, 0.2) is 0 Å². The Hall–Kier alpha value is -2.21. The third-order valence-electron chi connectivity index (χ3n) is 4.31. The average Bonchev–Trinajstić information content (AvgIpc) is 3.15. The molecule has 1 saturated heterocycles. The van der Waals surface area contributed by atoms with Crippen LogP contribution in [-0.4, -0.2) is 52.4 Å². The fraction of sp³-hybridized carbons (Fsp3) is 0.471. The number of carbonyl (C=O) groups excluding carboxylic acids is 1. The number of hydrogen-bond acceptors (Lipinski definition) is 4. The Bertz CT molecular complexity index is 656. The van der Waals surface area contributed by atoms with Gasteiger partial charge in [-0.1, -0.05) is 6.07 Å². The van der Waals surface area contributed by atoms with Gasteiger partial charge in [0, 0.05) is 50.1 Å². The molecule has 3 rings (SSSR count). The van der Waals surface area contributed by atoms with Crippen molar-refractivity contribution >= 4 is 5.91 Å². The van der Waals surface area contributed by atoms with E-state index in [1.165, 1.54) is 0 Å². The molecule has 0 radical (unpaired) electrons. The molecule has 23 heavy (non-hydrogen) atoms. The summed E-state index contributed by atoms with van der Waals surface area (Å²) in [5.74, 6) is 0.588. The third-order valence-corrected chi connectivity index (χ3v) is 4.31. The number of aromatic nitrogens is 3. The molecule has 3 heterocycles. The van der Waals surface area contributed by atoms with Crippen molar-refractivity contribution in [3.63, 3.8) is 0 Å². The first kappa shape index (κ1) is 15.7. The molecule has 2 atom stereocenters. The van der Waals surface area contributed by atoms with Gasteiger partial charge >= 0.3 is 0 Å². The highest BCUT2D eigenvalue weighted by molar-refractivity contribution is 5.76. The second-order valence-corrected chi connectivity index (χ2v) is 6.03. The Morgan fingerprint density at radius 3 is 2.87 bits per heavy atom. The van der Waals surface area contributed by atoms with E-state index in [0.717, 1.165) is 11.4 Å². The lowest BCUT2D eigenvalue weighted by atomic mass is 9.93. The zero-order valence-electron chi connectivity index (χ0n) is 13.6. The van der Waals surface area contributed by atoms with Gasteiger partial charge in [0.05, 0.1) is 12.3 Å². The lowest BCUT2D eigenvalue weighted by Gasteiger charge is -2.16. The predicted octanol–water partition coefficient (Wildman–Crippen LogP) is 1.48. The molecule has 0 unspecified atom stereocenters. The van der Waals surface area contributed by atoms with E-state index in [0.29, 0.717) is 19.7 Å². The summed E-state index contributed by atoms with van der Waals surface area (Å²) in [5, 5.41) is 4.29. The second-order valence-electron chi connectivity index (χ2n) is 6.03. The first-order valence-electron chi connectivity index (χ1n) is 7.85. The molecule has 0 N–H and O–H groups in total. The van der Waals surface area contributed by atoms with Gasteiger partial charge in [-0.3, -0.25) is 14.5 Å². The van der Waals surface area contributed by atoms with Crippen LogP contribution in [-0.2, 0) is 16.1 Å². The van der Waals surface area contributed by atoms with Gasteiger partial charge in [0.2, 0.25) is 5.91 Å². The standard InChI is InChI=1S/C17H22N4O2/c1-13-6-8-21(19-13)11-17(22)20-9-14(12-23-2)15(10-20)16-5-3-4-7-18-16/h3-8,14-15H,9-12H2,1-2H3/t14-,15+/m0/s1. The lowest BCUT2D eigenvalue weighted by molar-refractivity contribution is -0.131. The number of nitrogens with zero attached hydrogens (tertiary/aromatic N) is 4. The quantitative estimate of drug-likeness (QED) is 0.838. The van der Waals surface area contributed by atoms with Gasteiger partial charge in [0.1, 0.15) is 6.54 Å². The van der Waals surface area contributed by atoms with Crippen molar-refractivity contribution < 1.29 is 9.53 Å². The highest BCUT2D eigenvalue weighted by Gasteiger charge is 2.36. The van der Waals surface area contributed by atoms with Crippen LogP contribution in [0.1, 0.15) is 17.3 Å². The molecule has 2 aromatic rings. The van der Waals surface area contributed by atoms with Gasteiger partial charge in [-0.2, -0.15) is 5.10 Å². The van der Waals surface area contributed by atoms with Crippen LogP contribution in [0.25, 0.3) is 0 Å². The first-order chi connectivity index (χ1) is 11.2. The average molecular weight is 314 g/mol. The second kappa shape index (κ2) is 6.91. The van der Waals surface area contributed by atoms with E-state index in [2.05, 4.69) is 10.1 Å². The Balaban J connectivity index is 1.70. The summed E-state index contributed by atoms with van der Waals surface area (Å²) in [5.41, 5.74) is 1.95. The van der Waals surface area contributed by atoms with Crippen molar-refractivity contribution in [3.8, 4) is 0 Å². The highest BCUT2D eigenvalue weighted by Crippen LogP contribution is 2.31. The fourth-order valence-electron chi connectivity index (χ4n) is 3.18. The number of rotatable bonds is 5. The van der Waals surface area contributed by atoms with Crippen LogP contribution in [0.5, 0.6) is 0 Å². The monoisotopic (exact) mass is 314 g/mol. The fourth-order valence-corrected chi connectivity index (χ4v) is 3.18. The Morgan fingerprint density at radius 1 is 1.35 bits per heavy atom. The molecule has 1 fully saturated rings. The van der Waals surface area contributed by atoms with E-state index in [-0.39, 0.29) is 24.3 Å². The van der Waals surface area contributed by atoms with Crippen molar-refractivity contribution in [1.29, 1.82) is 0 Å². The molecule has 1 aliphatic rings. The van der Waals surface area contributed by atoms with Crippen molar-refractivity contribution in [2.75, 3.05) is 26.8 Å². The summed E-state index contributed by atoms with van der Waals surface area (Å²) in [7, 11) is 1.70. The minimum absolute atomic E-state index is 0.0904. The number of carbonyl (C=O) groups is 1.